The normalized spacial score (nSPS) is 19.8. The average molecular weight is 523 g/mol. The topological polar surface area (TPSA) is 85.4 Å². The minimum atomic E-state index is -5.68. The highest BCUT2D eigenvalue weighted by Crippen LogP contribution is 2.56. The van der Waals surface area contributed by atoms with Gasteiger partial charge in [0.05, 0.1) is 11.1 Å². The molecule has 0 saturated carbocycles. The molecule has 194 valence electrons. The minimum absolute atomic E-state index is 0.0146. The van der Waals surface area contributed by atoms with Gasteiger partial charge in [0.25, 0.3) is 11.8 Å². The Labute approximate surface area is 205 Å². The number of hydrogen-bond donors (Lipinski definition) is 3. The summed E-state index contributed by atoms with van der Waals surface area (Å²) in [6.07, 6.45) is -8.89. The molecule has 3 heterocycles. The number of allylic oxidation sites excluding steroid dienone is 3. The predicted octanol–water partition coefficient (Wildman–Crippen LogP) is 4.14. The number of benzene rings is 1. The summed E-state index contributed by atoms with van der Waals surface area (Å²) in [6.45, 7) is -0.643. The highest BCUT2D eigenvalue weighted by atomic mass is 19.4. The lowest BCUT2D eigenvalue weighted by molar-refractivity contribution is -0.303. The number of rotatable bonds is 5. The molecule has 1 aliphatic carbocycles. The molecule has 1 aromatic heterocycles. The Morgan fingerprint density at radius 3 is 2.35 bits per heavy atom. The highest BCUT2D eigenvalue weighted by molar-refractivity contribution is 6.39. The lowest BCUT2D eigenvalue weighted by atomic mass is 9.79. The van der Waals surface area contributed by atoms with E-state index in [2.05, 4.69) is 10.3 Å². The number of aliphatic hydroxyl groups excluding tert-OH is 1. The number of nitrogens with one attached hydrogen (secondary N) is 2. The fourth-order valence-electron chi connectivity index (χ4n) is 4.99. The maximum absolute atomic E-state index is 13.8. The Morgan fingerprint density at radius 2 is 1.68 bits per heavy atom. The summed E-state index contributed by atoms with van der Waals surface area (Å²) < 4.78 is 82.9. The van der Waals surface area contributed by atoms with Crippen LogP contribution in [0.25, 0.3) is 16.5 Å². The largest absolute Gasteiger partial charge is 0.410 e. The van der Waals surface area contributed by atoms with Crippen LogP contribution in [0.1, 0.15) is 12.0 Å². The van der Waals surface area contributed by atoms with Crippen LogP contribution in [0.2, 0.25) is 0 Å². The van der Waals surface area contributed by atoms with Gasteiger partial charge in [0.2, 0.25) is 0 Å². The van der Waals surface area contributed by atoms with Crippen LogP contribution in [-0.2, 0) is 9.59 Å². The molecule has 0 unspecified atom stereocenters. The average Bonchev–Trinajstić information content (AvgIpc) is 3.48. The van der Waals surface area contributed by atoms with Crippen molar-refractivity contribution < 1.29 is 41.0 Å². The Morgan fingerprint density at radius 1 is 1.00 bits per heavy atom. The number of alkyl halides is 6. The summed E-state index contributed by atoms with van der Waals surface area (Å²) in [4.78, 5) is 30.1. The maximum Gasteiger partial charge on any atom is 0.410 e. The second-order valence-corrected chi connectivity index (χ2v) is 8.90. The monoisotopic (exact) mass is 523 g/mol. The molecule has 0 bridgehead atoms. The van der Waals surface area contributed by atoms with Crippen LogP contribution in [0.15, 0.2) is 71.1 Å². The number of fused-ring (bicyclic) bond motifs is 2. The third-order valence-corrected chi connectivity index (χ3v) is 6.78. The number of carbonyl (C=O) groups excluding carboxylic acids is 2. The number of para-hydroxylation sites is 1. The highest BCUT2D eigenvalue weighted by Gasteiger charge is 2.69. The first kappa shape index (κ1) is 24.9. The van der Waals surface area contributed by atoms with Crippen LogP contribution in [0.4, 0.5) is 26.3 Å². The van der Waals surface area contributed by atoms with Crippen molar-refractivity contribution >= 4 is 28.3 Å². The fraction of sp³-hybridized carbons (Fsp3) is 0.280. The molecule has 2 amide bonds. The molecule has 0 radical (unpaired) electrons. The second kappa shape index (κ2) is 8.37. The molecule has 5 rings (SSSR count). The summed E-state index contributed by atoms with van der Waals surface area (Å²) in [7, 11) is 0. The van der Waals surface area contributed by atoms with Crippen LogP contribution >= 0.6 is 0 Å². The van der Waals surface area contributed by atoms with Crippen LogP contribution in [0.5, 0.6) is 0 Å². The van der Waals surface area contributed by atoms with Gasteiger partial charge in [0.15, 0.2) is 5.41 Å². The van der Waals surface area contributed by atoms with Gasteiger partial charge in [-0.3, -0.25) is 14.9 Å². The number of imide groups is 1. The van der Waals surface area contributed by atoms with E-state index in [9.17, 15) is 41.0 Å². The molecular formula is C25H19F6N3O3. The summed E-state index contributed by atoms with van der Waals surface area (Å²) in [5, 5.41) is 12.1. The molecule has 3 aliphatic rings. The van der Waals surface area contributed by atoms with Crippen LogP contribution < -0.4 is 5.32 Å². The van der Waals surface area contributed by atoms with Crippen molar-refractivity contribution in [2.45, 2.75) is 18.8 Å². The van der Waals surface area contributed by atoms with Crippen LogP contribution in [0.3, 0.4) is 0 Å². The van der Waals surface area contributed by atoms with Crippen molar-refractivity contribution in [2.24, 2.45) is 5.41 Å². The Balaban J connectivity index is 1.74. The van der Waals surface area contributed by atoms with Gasteiger partial charge >= 0.3 is 12.4 Å². The van der Waals surface area contributed by atoms with Crippen molar-refractivity contribution in [3.8, 4) is 0 Å². The SMILES string of the molecule is O=C1NC(=O)C(c2c[nH]c3ccccc23)=C1C1=C2C=CC(C(F)(F)F)(C(F)(F)F)C=C2N(CCCO)C1. The fourth-order valence-corrected chi connectivity index (χ4v) is 4.99. The first-order chi connectivity index (χ1) is 17.4. The van der Waals surface area contributed by atoms with Gasteiger partial charge in [-0.05, 0) is 24.1 Å². The predicted molar refractivity (Wildman–Crippen MR) is 120 cm³/mol. The van der Waals surface area contributed by atoms with Crippen molar-refractivity contribution in [1.29, 1.82) is 0 Å². The quantitative estimate of drug-likeness (QED) is 0.407. The van der Waals surface area contributed by atoms with Gasteiger partial charge in [-0.2, -0.15) is 26.3 Å². The number of aromatic amines is 1. The van der Waals surface area contributed by atoms with E-state index in [0.29, 0.717) is 16.5 Å². The molecule has 1 aromatic carbocycles. The second-order valence-electron chi connectivity index (χ2n) is 8.90. The van der Waals surface area contributed by atoms with Gasteiger partial charge in [0, 0.05) is 53.6 Å². The van der Waals surface area contributed by atoms with Gasteiger partial charge in [-0.25, -0.2) is 0 Å². The summed E-state index contributed by atoms with van der Waals surface area (Å²) in [5.74, 6) is -1.52. The zero-order valence-corrected chi connectivity index (χ0v) is 18.9. The molecule has 12 heteroatoms. The van der Waals surface area contributed by atoms with E-state index in [0.717, 1.165) is 6.08 Å². The Hall–Kier alpha value is -3.80. The summed E-state index contributed by atoms with van der Waals surface area (Å²) in [6, 6.07) is 6.95. The van der Waals surface area contributed by atoms with Gasteiger partial charge in [-0.1, -0.05) is 30.4 Å². The molecule has 37 heavy (non-hydrogen) atoms. The lowest BCUT2D eigenvalue weighted by Crippen LogP contribution is -2.48. The minimum Gasteiger partial charge on any atom is -0.396 e. The molecule has 0 saturated heterocycles. The molecule has 0 spiro atoms. The third kappa shape index (κ3) is 3.69. The van der Waals surface area contributed by atoms with E-state index < -0.39 is 29.6 Å². The third-order valence-electron chi connectivity index (χ3n) is 6.78. The number of carbonyl (C=O) groups is 2. The number of nitrogens with zero attached hydrogens (tertiary/aromatic N) is 1. The van der Waals surface area contributed by atoms with E-state index in [1.807, 2.05) is 0 Å². The molecule has 2 aromatic rings. The van der Waals surface area contributed by atoms with E-state index in [4.69, 9.17) is 0 Å². The molecule has 3 N–H and O–H groups in total. The van der Waals surface area contributed by atoms with Crippen molar-refractivity contribution in [3.05, 3.63) is 76.7 Å². The van der Waals surface area contributed by atoms with Gasteiger partial charge in [0.1, 0.15) is 0 Å². The number of hydrogen-bond acceptors (Lipinski definition) is 4. The number of aliphatic hydroxyl groups is 1. The zero-order valence-electron chi connectivity index (χ0n) is 18.9. The molecule has 6 nitrogen and oxygen atoms in total. The summed E-state index contributed by atoms with van der Waals surface area (Å²) in [5.41, 5.74) is -3.57. The Kier molecular flexibility index (Phi) is 5.63. The van der Waals surface area contributed by atoms with Crippen LogP contribution in [0, 0.1) is 5.41 Å². The maximum atomic E-state index is 13.8. The first-order valence-corrected chi connectivity index (χ1v) is 11.2. The molecular weight excluding hydrogens is 504 g/mol. The van der Waals surface area contributed by atoms with E-state index in [1.54, 1.807) is 24.3 Å². The lowest BCUT2D eigenvalue weighted by Gasteiger charge is -2.36. The smallest absolute Gasteiger partial charge is 0.396 e. The van der Waals surface area contributed by atoms with Crippen molar-refractivity contribution in [1.82, 2.24) is 15.2 Å². The number of H-pyrrole nitrogens is 1. The number of halogens is 6. The summed E-state index contributed by atoms with van der Waals surface area (Å²) >= 11 is 0. The number of aromatic nitrogens is 1. The molecule has 0 atom stereocenters. The van der Waals surface area contributed by atoms with E-state index in [-0.39, 0.29) is 66.3 Å². The molecule has 0 fully saturated rings. The van der Waals surface area contributed by atoms with Crippen LogP contribution in [-0.4, -0.2) is 58.9 Å². The number of amides is 2. The Bertz CT molecular complexity index is 1430. The zero-order chi connectivity index (χ0) is 26.8. The first-order valence-electron chi connectivity index (χ1n) is 11.2. The standard InChI is InChI=1S/C25H19F6N3O3/c26-24(27,28)23(25(29,30)31)7-6-14-16(12-34(8-3-9-35)18(14)10-23)20-19(21(36)33-22(20)37)15-11-32-17-5-2-1-4-13(15)17/h1-2,4-7,10-11,32,35H,3,8-9,12H2,(H,33,36,37). The van der Waals surface area contributed by atoms with Gasteiger partial charge in [-0.15, -0.1) is 0 Å². The van der Waals surface area contributed by atoms with Crippen molar-refractivity contribution in [3.63, 3.8) is 0 Å². The van der Waals surface area contributed by atoms with E-state index >= 15 is 0 Å². The van der Waals surface area contributed by atoms with Gasteiger partial charge < -0.3 is 15.0 Å². The van der Waals surface area contributed by atoms with E-state index in [1.165, 1.54) is 11.1 Å². The van der Waals surface area contributed by atoms with Crippen molar-refractivity contribution in [2.75, 3.05) is 19.7 Å². The molecule has 2 aliphatic heterocycles.